The molecule has 3 rings (SSSR count). The minimum absolute atomic E-state index is 0.0445. The summed E-state index contributed by atoms with van der Waals surface area (Å²) >= 11 is 0. The Balaban J connectivity index is 1.79. The van der Waals surface area contributed by atoms with E-state index in [1.807, 2.05) is 30.3 Å². The van der Waals surface area contributed by atoms with Gasteiger partial charge in [-0.1, -0.05) is 23.4 Å². The molecule has 0 aliphatic carbocycles. The summed E-state index contributed by atoms with van der Waals surface area (Å²) in [4.78, 5) is 13.8. The van der Waals surface area contributed by atoms with E-state index < -0.39 is 16.1 Å². The Morgan fingerprint density at radius 2 is 1.96 bits per heavy atom. The first-order valence-corrected chi connectivity index (χ1v) is 8.67. The average Bonchev–Trinajstić information content (AvgIpc) is 3.02. The van der Waals surface area contributed by atoms with Crippen LogP contribution in [-0.4, -0.2) is 32.1 Å². The lowest BCUT2D eigenvalue weighted by Gasteiger charge is -2.17. The summed E-state index contributed by atoms with van der Waals surface area (Å²) in [6, 6.07) is 8.70. The topological polar surface area (TPSA) is 92.5 Å². The number of hydrogen-bond donors (Lipinski definition) is 1. The largest absolute Gasteiger partial charge is 0.360 e. The quantitative estimate of drug-likeness (QED) is 0.911. The van der Waals surface area contributed by atoms with Gasteiger partial charge in [-0.05, 0) is 26.0 Å². The number of rotatable bonds is 4. The van der Waals surface area contributed by atoms with E-state index in [0.717, 1.165) is 5.69 Å². The van der Waals surface area contributed by atoms with Gasteiger partial charge < -0.3 is 9.42 Å². The summed E-state index contributed by atoms with van der Waals surface area (Å²) < 4.78 is 32.5. The van der Waals surface area contributed by atoms with E-state index in [4.69, 9.17) is 4.52 Å². The van der Waals surface area contributed by atoms with Crippen molar-refractivity contribution in [2.45, 2.75) is 31.2 Å². The molecule has 0 spiro atoms. The van der Waals surface area contributed by atoms with Crippen LogP contribution in [0.15, 0.2) is 39.8 Å². The molecule has 23 heavy (non-hydrogen) atoms. The van der Waals surface area contributed by atoms with Gasteiger partial charge in [0.15, 0.2) is 5.76 Å². The van der Waals surface area contributed by atoms with Crippen molar-refractivity contribution in [2.75, 3.05) is 11.4 Å². The zero-order valence-electron chi connectivity index (χ0n) is 12.8. The van der Waals surface area contributed by atoms with Crippen LogP contribution >= 0.6 is 0 Å². The molecule has 1 atom stereocenters. The van der Waals surface area contributed by atoms with Crippen LogP contribution in [0, 0.1) is 13.8 Å². The van der Waals surface area contributed by atoms with Gasteiger partial charge in [0.05, 0.1) is 0 Å². The third-order valence-electron chi connectivity index (χ3n) is 3.75. The molecule has 1 fully saturated rings. The monoisotopic (exact) mass is 335 g/mol. The van der Waals surface area contributed by atoms with Gasteiger partial charge in [0.1, 0.15) is 10.6 Å². The van der Waals surface area contributed by atoms with Gasteiger partial charge in [0.2, 0.25) is 15.9 Å². The van der Waals surface area contributed by atoms with E-state index in [2.05, 4.69) is 9.88 Å². The van der Waals surface area contributed by atoms with Crippen molar-refractivity contribution in [3.05, 3.63) is 41.8 Å². The van der Waals surface area contributed by atoms with Gasteiger partial charge in [-0.3, -0.25) is 4.79 Å². The van der Waals surface area contributed by atoms with Crippen LogP contribution < -0.4 is 9.62 Å². The molecule has 0 bridgehead atoms. The van der Waals surface area contributed by atoms with Gasteiger partial charge in [-0.15, -0.1) is 0 Å². The number of nitrogens with zero attached hydrogens (tertiary/aromatic N) is 2. The molecule has 8 heteroatoms. The van der Waals surface area contributed by atoms with Crippen LogP contribution in [-0.2, 0) is 14.8 Å². The number of benzene rings is 1. The Hall–Kier alpha value is -2.19. The summed E-state index contributed by atoms with van der Waals surface area (Å²) in [5, 5.41) is 3.66. The summed E-state index contributed by atoms with van der Waals surface area (Å²) in [6.45, 7) is 3.41. The molecular weight excluding hydrogens is 318 g/mol. The predicted molar refractivity (Wildman–Crippen MR) is 83.5 cm³/mol. The standard InChI is InChI=1S/C15H17N3O4S/c1-10-15(11(2)22-16-10)23(20,21)17-12-8-14(19)18(9-12)13-6-4-3-5-7-13/h3-7,12,17H,8-9H2,1-2H3. The first kappa shape index (κ1) is 15.7. The normalized spacial score (nSPS) is 18.6. The van der Waals surface area contributed by atoms with Crippen LogP contribution in [0.25, 0.3) is 0 Å². The molecule has 122 valence electrons. The second-order valence-corrected chi connectivity index (χ2v) is 7.17. The number of carbonyl (C=O) groups excluding carboxylic acids is 1. The second kappa shape index (κ2) is 5.78. The Bertz CT molecular complexity index is 810. The maximum absolute atomic E-state index is 12.5. The van der Waals surface area contributed by atoms with Crippen molar-refractivity contribution in [2.24, 2.45) is 0 Å². The molecule has 7 nitrogen and oxygen atoms in total. The van der Waals surface area contributed by atoms with Crippen molar-refractivity contribution in [1.82, 2.24) is 9.88 Å². The number of carbonyl (C=O) groups is 1. The van der Waals surface area contributed by atoms with Crippen LogP contribution in [0.2, 0.25) is 0 Å². The highest BCUT2D eigenvalue weighted by Crippen LogP contribution is 2.24. The lowest BCUT2D eigenvalue weighted by atomic mass is 10.3. The van der Waals surface area contributed by atoms with E-state index in [1.54, 1.807) is 18.7 Å². The fraction of sp³-hybridized carbons (Fsp3) is 0.333. The smallest absolute Gasteiger partial charge is 0.246 e. The molecule has 1 aromatic heterocycles. The van der Waals surface area contributed by atoms with Crippen molar-refractivity contribution >= 4 is 21.6 Å². The Labute approximate surface area is 134 Å². The lowest BCUT2D eigenvalue weighted by molar-refractivity contribution is -0.117. The third kappa shape index (κ3) is 2.99. The molecule has 1 saturated heterocycles. The van der Waals surface area contributed by atoms with E-state index in [1.165, 1.54) is 0 Å². The van der Waals surface area contributed by atoms with Crippen molar-refractivity contribution in [3.63, 3.8) is 0 Å². The highest BCUT2D eigenvalue weighted by molar-refractivity contribution is 7.89. The fourth-order valence-corrected chi connectivity index (χ4v) is 4.34. The molecule has 1 aliphatic rings. The molecule has 2 aromatic rings. The van der Waals surface area contributed by atoms with E-state index >= 15 is 0 Å². The molecule has 1 amide bonds. The van der Waals surface area contributed by atoms with Crippen molar-refractivity contribution < 1.29 is 17.7 Å². The highest BCUT2D eigenvalue weighted by Gasteiger charge is 2.35. The van der Waals surface area contributed by atoms with E-state index in [9.17, 15) is 13.2 Å². The first-order valence-electron chi connectivity index (χ1n) is 7.19. The molecular formula is C15H17N3O4S. The van der Waals surface area contributed by atoms with Gasteiger partial charge in [-0.2, -0.15) is 0 Å². The van der Waals surface area contributed by atoms with Gasteiger partial charge >= 0.3 is 0 Å². The van der Waals surface area contributed by atoms with Crippen molar-refractivity contribution in [1.29, 1.82) is 0 Å². The van der Waals surface area contributed by atoms with Crippen LogP contribution in [0.4, 0.5) is 5.69 Å². The van der Waals surface area contributed by atoms with E-state index in [-0.39, 0.29) is 23.0 Å². The predicted octanol–water partition coefficient (Wildman–Crippen LogP) is 1.38. The zero-order valence-corrected chi connectivity index (χ0v) is 13.6. The number of aryl methyl sites for hydroxylation is 2. The van der Waals surface area contributed by atoms with Crippen LogP contribution in [0.1, 0.15) is 17.9 Å². The Morgan fingerprint density at radius 1 is 1.26 bits per heavy atom. The zero-order chi connectivity index (χ0) is 16.6. The average molecular weight is 335 g/mol. The molecule has 0 saturated carbocycles. The number of nitrogens with one attached hydrogen (secondary N) is 1. The minimum atomic E-state index is -3.78. The summed E-state index contributed by atoms with van der Waals surface area (Å²) in [5.41, 5.74) is 1.07. The molecule has 1 N–H and O–H groups in total. The van der Waals surface area contributed by atoms with Gasteiger partial charge in [0, 0.05) is 24.7 Å². The van der Waals surface area contributed by atoms with Crippen molar-refractivity contribution in [3.8, 4) is 0 Å². The van der Waals surface area contributed by atoms with E-state index in [0.29, 0.717) is 12.2 Å². The molecule has 1 aromatic carbocycles. The Morgan fingerprint density at radius 3 is 2.57 bits per heavy atom. The van der Waals surface area contributed by atoms with Crippen LogP contribution in [0.5, 0.6) is 0 Å². The minimum Gasteiger partial charge on any atom is -0.360 e. The summed E-state index contributed by atoms with van der Waals surface area (Å²) in [7, 11) is -3.78. The maximum atomic E-state index is 12.5. The number of sulfonamides is 1. The first-order chi connectivity index (χ1) is 10.9. The highest BCUT2D eigenvalue weighted by atomic mass is 32.2. The van der Waals surface area contributed by atoms with Gasteiger partial charge in [0.25, 0.3) is 0 Å². The molecule has 1 aliphatic heterocycles. The lowest BCUT2D eigenvalue weighted by Crippen LogP contribution is -2.37. The Kier molecular flexibility index (Phi) is 3.95. The number of amides is 1. The maximum Gasteiger partial charge on any atom is 0.246 e. The summed E-state index contributed by atoms with van der Waals surface area (Å²) in [5.74, 6) is 0.127. The number of aromatic nitrogens is 1. The number of anilines is 1. The summed E-state index contributed by atoms with van der Waals surface area (Å²) in [6.07, 6.45) is 0.123. The molecule has 2 heterocycles. The molecule has 0 radical (unpaired) electrons. The number of hydrogen-bond acceptors (Lipinski definition) is 5. The fourth-order valence-electron chi connectivity index (χ4n) is 2.78. The second-order valence-electron chi connectivity index (χ2n) is 5.52. The SMILES string of the molecule is Cc1noc(C)c1S(=O)(=O)NC1CC(=O)N(c2ccccc2)C1. The molecule has 1 unspecified atom stereocenters. The van der Waals surface area contributed by atoms with Gasteiger partial charge in [-0.25, -0.2) is 13.1 Å². The number of para-hydroxylation sites is 1. The van der Waals surface area contributed by atoms with Crippen LogP contribution in [0.3, 0.4) is 0 Å². The third-order valence-corrected chi connectivity index (χ3v) is 5.52.